The molecule has 2 heterocycles. The zero-order valence-corrected chi connectivity index (χ0v) is 16.0. The van der Waals surface area contributed by atoms with Crippen molar-refractivity contribution in [2.75, 3.05) is 4.72 Å². The highest BCUT2D eigenvalue weighted by Gasteiger charge is 2.28. The van der Waals surface area contributed by atoms with Crippen molar-refractivity contribution in [1.82, 2.24) is 14.6 Å². The van der Waals surface area contributed by atoms with Crippen LogP contribution in [0.25, 0.3) is 4.96 Å². The lowest BCUT2D eigenvalue weighted by atomic mass is 10.2. The average molecular weight is 382 g/mol. The van der Waals surface area contributed by atoms with Gasteiger partial charge in [0, 0.05) is 5.92 Å². The van der Waals surface area contributed by atoms with Gasteiger partial charge in [0.25, 0.3) is 10.0 Å². The van der Waals surface area contributed by atoms with E-state index in [9.17, 15) is 12.8 Å². The molecule has 0 amide bonds. The predicted octanol–water partition coefficient (Wildman–Crippen LogP) is 3.72. The summed E-state index contributed by atoms with van der Waals surface area (Å²) in [5.74, 6) is -0.234. The van der Waals surface area contributed by atoms with Gasteiger partial charge >= 0.3 is 0 Å². The van der Waals surface area contributed by atoms with Gasteiger partial charge in [-0.2, -0.15) is 18.0 Å². The smallest absolute Gasteiger partial charge is 0.278 e. The molecule has 6 nitrogen and oxygen atoms in total. The maximum atomic E-state index is 13.3. The molecule has 0 aliphatic heterocycles. The van der Waals surface area contributed by atoms with Gasteiger partial charge < -0.3 is 0 Å². The Labute approximate surface area is 149 Å². The maximum absolute atomic E-state index is 13.3. The molecule has 1 N–H and O–H groups in total. The van der Waals surface area contributed by atoms with Crippen LogP contribution in [0.15, 0.2) is 23.2 Å². The van der Waals surface area contributed by atoms with E-state index in [0.29, 0.717) is 28.3 Å². The fourth-order valence-corrected chi connectivity index (χ4v) is 4.90. The monoisotopic (exact) mass is 382 g/mol. The van der Waals surface area contributed by atoms with E-state index in [1.165, 1.54) is 34.1 Å². The quantitative estimate of drug-likeness (QED) is 0.729. The summed E-state index contributed by atoms with van der Waals surface area (Å²) < 4.78 is 43.1. The van der Waals surface area contributed by atoms with Crippen molar-refractivity contribution < 1.29 is 12.8 Å². The summed E-state index contributed by atoms with van der Waals surface area (Å²) in [6.07, 6.45) is 0.464. The number of hydrogen-bond donors (Lipinski definition) is 1. The van der Waals surface area contributed by atoms with E-state index in [2.05, 4.69) is 14.8 Å². The zero-order chi connectivity index (χ0) is 18.4. The van der Waals surface area contributed by atoms with Crippen molar-refractivity contribution >= 4 is 32.0 Å². The molecular formula is C16H19FN4O2S2. The molecule has 0 bridgehead atoms. The molecule has 3 rings (SSSR count). The number of fused-ring (bicyclic) bond motifs is 1. The standard InChI is InChI=1S/C16H19FN4O2S2/c1-5-12-15(21-16(18-12)24-14(19-21)9(2)3)25(22,23)20-13-7-6-11(17)8-10(13)4/h6-9,20H,5H2,1-4H3. The number of aryl methyl sites for hydroxylation is 2. The Balaban J connectivity index is 2.12. The van der Waals surface area contributed by atoms with Gasteiger partial charge in [0.1, 0.15) is 10.8 Å². The van der Waals surface area contributed by atoms with Gasteiger partial charge in [-0.1, -0.05) is 32.1 Å². The van der Waals surface area contributed by atoms with E-state index in [1.54, 1.807) is 6.92 Å². The molecular weight excluding hydrogens is 363 g/mol. The summed E-state index contributed by atoms with van der Waals surface area (Å²) in [5, 5.41) is 5.28. The second kappa shape index (κ2) is 6.38. The molecule has 1 aromatic carbocycles. The minimum absolute atomic E-state index is 0.0388. The van der Waals surface area contributed by atoms with Gasteiger partial charge in [-0.05, 0) is 37.1 Å². The molecule has 0 atom stereocenters. The van der Waals surface area contributed by atoms with Crippen LogP contribution >= 0.6 is 11.3 Å². The van der Waals surface area contributed by atoms with Crippen LogP contribution in [0, 0.1) is 12.7 Å². The topological polar surface area (TPSA) is 76.4 Å². The molecule has 0 saturated carbocycles. The SMILES string of the molecule is CCc1nc2sc(C(C)C)nn2c1S(=O)(=O)Nc1ccc(F)cc1C. The first kappa shape index (κ1) is 17.8. The highest BCUT2D eigenvalue weighted by atomic mass is 32.2. The predicted molar refractivity (Wildman–Crippen MR) is 96.3 cm³/mol. The number of benzene rings is 1. The minimum Gasteiger partial charge on any atom is -0.278 e. The summed E-state index contributed by atoms with van der Waals surface area (Å²) in [6, 6.07) is 3.91. The summed E-state index contributed by atoms with van der Waals surface area (Å²) >= 11 is 1.38. The molecule has 0 fully saturated rings. The fourth-order valence-electron chi connectivity index (χ4n) is 2.45. The van der Waals surface area contributed by atoms with E-state index in [0.717, 1.165) is 5.01 Å². The first-order chi connectivity index (χ1) is 11.7. The van der Waals surface area contributed by atoms with E-state index >= 15 is 0 Å². The fraction of sp³-hybridized carbons (Fsp3) is 0.375. The van der Waals surface area contributed by atoms with Crippen molar-refractivity contribution in [2.24, 2.45) is 0 Å². The summed E-state index contributed by atoms with van der Waals surface area (Å²) in [6.45, 7) is 7.48. The highest BCUT2D eigenvalue weighted by Crippen LogP contribution is 2.28. The number of nitrogens with zero attached hydrogens (tertiary/aromatic N) is 3. The molecule has 25 heavy (non-hydrogen) atoms. The molecule has 0 radical (unpaired) electrons. The van der Waals surface area contributed by atoms with Crippen LogP contribution in [0.2, 0.25) is 0 Å². The highest BCUT2D eigenvalue weighted by molar-refractivity contribution is 7.92. The third-order valence-corrected chi connectivity index (χ3v) is 6.38. The molecule has 0 aliphatic carbocycles. The Morgan fingerprint density at radius 2 is 2.08 bits per heavy atom. The first-order valence-corrected chi connectivity index (χ1v) is 10.2. The number of nitrogens with one attached hydrogen (secondary N) is 1. The Kier molecular flexibility index (Phi) is 4.54. The van der Waals surface area contributed by atoms with E-state index in [-0.39, 0.29) is 10.9 Å². The number of anilines is 1. The lowest BCUT2D eigenvalue weighted by molar-refractivity contribution is 0.590. The van der Waals surface area contributed by atoms with Crippen LogP contribution in [0.4, 0.5) is 10.1 Å². The Morgan fingerprint density at radius 1 is 1.36 bits per heavy atom. The van der Waals surface area contributed by atoms with Gasteiger partial charge in [-0.15, -0.1) is 0 Å². The van der Waals surface area contributed by atoms with Gasteiger partial charge in [0.2, 0.25) is 9.99 Å². The van der Waals surface area contributed by atoms with E-state index < -0.39 is 15.8 Å². The van der Waals surface area contributed by atoms with Crippen LogP contribution in [0.1, 0.15) is 43.0 Å². The average Bonchev–Trinajstić information content (AvgIpc) is 3.06. The zero-order valence-electron chi connectivity index (χ0n) is 14.4. The maximum Gasteiger partial charge on any atom is 0.281 e. The summed E-state index contributed by atoms with van der Waals surface area (Å²) in [7, 11) is -3.91. The lowest BCUT2D eigenvalue weighted by Gasteiger charge is -2.10. The largest absolute Gasteiger partial charge is 0.281 e. The number of hydrogen-bond acceptors (Lipinski definition) is 5. The number of rotatable bonds is 5. The van der Waals surface area contributed by atoms with Crippen molar-refractivity contribution in [2.45, 2.75) is 45.1 Å². The molecule has 134 valence electrons. The van der Waals surface area contributed by atoms with Crippen molar-refractivity contribution in [3.63, 3.8) is 0 Å². The van der Waals surface area contributed by atoms with Gasteiger partial charge in [-0.3, -0.25) is 4.72 Å². The molecule has 0 unspecified atom stereocenters. The number of aromatic nitrogens is 3. The first-order valence-electron chi connectivity index (χ1n) is 7.90. The van der Waals surface area contributed by atoms with Gasteiger partial charge in [0.15, 0.2) is 0 Å². The van der Waals surface area contributed by atoms with Gasteiger partial charge in [-0.25, -0.2) is 9.37 Å². The molecule has 0 spiro atoms. The molecule has 0 aliphatic rings. The number of sulfonamides is 1. The van der Waals surface area contributed by atoms with Crippen molar-refractivity contribution in [1.29, 1.82) is 0 Å². The normalized spacial score (nSPS) is 12.2. The molecule has 9 heteroatoms. The summed E-state index contributed by atoms with van der Waals surface area (Å²) in [4.78, 5) is 4.97. The van der Waals surface area contributed by atoms with Crippen LogP contribution in [-0.4, -0.2) is 23.0 Å². The van der Waals surface area contributed by atoms with Crippen LogP contribution in [-0.2, 0) is 16.4 Å². The van der Waals surface area contributed by atoms with Crippen molar-refractivity contribution in [3.8, 4) is 0 Å². The van der Waals surface area contributed by atoms with Crippen molar-refractivity contribution in [3.05, 3.63) is 40.3 Å². The van der Waals surface area contributed by atoms with E-state index in [4.69, 9.17) is 0 Å². The van der Waals surface area contributed by atoms with E-state index in [1.807, 2.05) is 20.8 Å². The Morgan fingerprint density at radius 3 is 2.68 bits per heavy atom. The Hall–Kier alpha value is -2.00. The Bertz CT molecular complexity index is 1040. The molecule has 0 saturated heterocycles. The number of halogens is 1. The molecule has 3 aromatic rings. The second-order valence-electron chi connectivity index (χ2n) is 6.07. The lowest BCUT2D eigenvalue weighted by Crippen LogP contribution is -2.18. The van der Waals surface area contributed by atoms with Crippen LogP contribution < -0.4 is 4.72 Å². The van der Waals surface area contributed by atoms with Gasteiger partial charge in [0.05, 0.1) is 11.4 Å². The summed E-state index contributed by atoms with van der Waals surface area (Å²) in [5.41, 5.74) is 1.29. The van der Waals surface area contributed by atoms with Crippen LogP contribution in [0.3, 0.4) is 0 Å². The van der Waals surface area contributed by atoms with Crippen LogP contribution in [0.5, 0.6) is 0 Å². The second-order valence-corrected chi connectivity index (χ2v) is 8.66. The third kappa shape index (κ3) is 3.25. The third-order valence-electron chi connectivity index (χ3n) is 3.76. The molecule has 2 aromatic heterocycles. The minimum atomic E-state index is -3.91. The number of imidazole rings is 1.